The highest BCUT2D eigenvalue weighted by molar-refractivity contribution is 6.73. The van der Waals surface area contributed by atoms with Gasteiger partial charge in [-0.15, -0.1) is 0 Å². The van der Waals surface area contributed by atoms with Gasteiger partial charge >= 0.3 is 0 Å². The van der Waals surface area contributed by atoms with E-state index < -0.39 is 16.6 Å². The van der Waals surface area contributed by atoms with Gasteiger partial charge in [0.25, 0.3) is 0 Å². The molecule has 0 aromatic carbocycles. The molecule has 0 rings (SSSR count). The Morgan fingerprint density at radius 3 is 1.75 bits per heavy atom. The predicted octanol–water partition coefficient (Wildman–Crippen LogP) is 3.38. The molecule has 0 saturated heterocycles. The third kappa shape index (κ3) is 7.03. The normalized spacial score (nSPS) is 13.5. The first-order valence-electron chi connectivity index (χ1n) is 4.64. The van der Waals surface area contributed by atoms with E-state index in [1.54, 1.807) is 0 Å². The molecule has 0 aromatic rings. The molecule has 0 atom stereocenters. The van der Waals surface area contributed by atoms with Gasteiger partial charge in [-0.3, -0.25) is 9.15 Å². The first-order valence-corrected chi connectivity index (χ1v) is 11.2. The summed E-state index contributed by atoms with van der Waals surface area (Å²) in [7, 11) is -2.98. The summed E-state index contributed by atoms with van der Waals surface area (Å²) in [4.78, 5) is 0. The molecule has 4 heteroatoms. The van der Waals surface area contributed by atoms with Gasteiger partial charge in [0.05, 0.1) is 0 Å². The summed E-state index contributed by atoms with van der Waals surface area (Å²) in [6.45, 7) is 13.0. The van der Waals surface area contributed by atoms with Crippen LogP contribution in [0.15, 0.2) is 0 Å². The summed E-state index contributed by atoms with van der Waals surface area (Å²) in [6, 6.07) is 1.18. The molecule has 0 N–H and O–H groups in total. The van der Waals surface area contributed by atoms with Crippen molar-refractivity contribution in [1.82, 2.24) is 0 Å². The monoisotopic (exact) mass is 206 g/mol. The minimum atomic E-state index is -1.50. The second-order valence-electron chi connectivity index (χ2n) is 4.79. The minimum Gasteiger partial charge on any atom is -0.298 e. The van der Waals surface area contributed by atoms with Crippen molar-refractivity contribution in [1.29, 1.82) is 0 Å². The lowest BCUT2D eigenvalue weighted by atomic mass is 10.6. The summed E-state index contributed by atoms with van der Waals surface area (Å²) < 4.78 is 11.0. The van der Waals surface area contributed by atoms with Gasteiger partial charge in [0.1, 0.15) is 0 Å². The predicted molar refractivity (Wildman–Crippen MR) is 58.1 cm³/mol. The highest BCUT2D eigenvalue weighted by Gasteiger charge is 2.26. The standard InChI is InChI=1S/C8H22O2Si2/c1-7-8-12(5,6)10-9-11(2,3)4/h7-8H2,1-6H3. The van der Waals surface area contributed by atoms with Crippen molar-refractivity contribution in [2.75, 3.05) is 0 Å². The van der Waals surface area contributed by atoms with E-state index in [1.807, 2.05) is 0 Å². The van der Waals surface area contributed by atoms with Crippen molar-refractivity contribution in [3.05, 3.63) is 0 Å². The Labute approximate surface area is 78.5 Å². The molecule has 74 valence electrons. The number of hydrogen-bond acceptors (Lipinski definition) is 2. The van der Waals surface area contributed by atoms with Crippen LogP contribution in [0.25, 0.3) is 0 Å². The summed E-state index contributed by atoms with van der Waals surface area (Å²) in [5.74, 6) is 0. The Bertz CT molecular complexity index is 130. The van der Waals surface area contributed by atoms with Gasteiger partial charge in [0, 0.05) is 0 Å². The van der Waals surface area contributed by atoms with Crippen LogP contribution >= 0.6 is 0 Å². The third-order valence-corrected chi connectivity index (χ3v) is 4.36. The van der Waals surface area contributed by atoms with E-state index in [0.29, 0.717) is 0 Å². The van der Waals surface area contributed by atoms with Crippen LogP contribution in [-0.4, -0.2) is 16.6 Å². The van der Waals surface area contributed by atoms with Crippen LogP contribution in [0.3, 0.4) is 0 Å². The maximum absolute atomic E-state index is 5.53. The van der Waals surface area contributed by atoms with Crippen LogP contribution < -0.4 is 0 Å². The van der Waals surface area contributed by atoms with Crippen LogP contribution in [-0.2, 0) is 9.15 Å². The van der Waals surface area contributed by atoms with E-state index in [-0.39, 0.29) is 0 Å². The lowest BCUT2D eigenvalue weighted by Gasteiger charge is -2.25. The van der Waals surface area contributed by atoms with E-state index in [2.05, 4.69) is 39.7 Å². The molecule has 12 heavy (non-hydrogen) atoms. The Morgan fingerprint density at radius 2 is 1.42 bits per heavy atom. The Morgan fingerprint density at radius 1 is 0.917 bits per heavy atom. The van der Waals surface area contributed by atoms with E-state index in [9.17, 15) is 0 Å². The van der Waals surface area contributed by atoms with E-state index >= 15 is 0 Å². The summed E-state index contributed by atoms with van der Waals surface area (Å²) in [5, 5.41) is 0. The van der Waals surface area contributed by atoms with Crippen LogP contribution in [0.4, 0.5) is 0 Å². The molecule has 0 aromatic heterocycles. The van der Waals surface area contributed by atoms with E-state index in [1.165, 1.54) is 12.5 Å². The smallest absolute Gasteiger partial charge is 0.231 e. The molecule has 0 amide bonds. The lowest BCUT2D eigenvalue weighted by molar-refractivity contribution is -0.124. The SMILES string of the molecule is CCC[Si](C)(C)OO[Si](C)(C)C. The maximum Gasteiger partial charge on any atom is 0.231 e. The fourth-order valence-electron chi connectivity index (χ4n) is 0.882. The molecule has 0 aliphatic heterocycles. The molecule has 0 unspecified atom stereocenters. The summed E-state index contributed by atoms with van der Waals surface area (Å²) in [5.41, 5.74) is 0. The topological polar surface area (TPSA) is 18.5 Å². The third-order valence-electron chi connectivity index (χ3n) is 1.37. The van der Waals surface area contributed by atoms with Crippen LogP contribution in [0.2, 0.25) is 38.8 Å². The van der Waals surface area contributed by atoms with Crippen molar-refractivity contribution >= 4 is 16.6 Å². The van der Waals surface area contributed by atoms with Gasteiger partial charge < -0.3 is 0 Å². The molecule has 0 heterocycles. The van der Waals surface area contributed by atoms with Gasteiger partial charge in [-0.25, -0.2) is 0 Å². The molecule has 0 aliphatic carbocycles. The molecule has 0 bridgehead atoms. The van der Waals surface area contributed by atoms with Gasteiger partial charge in [-0.1, -0.05) is 13.3 Å². The zero-order chi connectivity index (χ0) is 9.83. The van der Waals surface area contributed by atoms with Crippen LogP contribution in [0, 0.1) is 0 Å². The average molecular weight is 206 g/mol. The molecular formula is C8H22O2Si2. The molecular weight excluding hydrogens is 184 g/mol. The molecule has 0 spiro atoms. The van der Waals surface area contributed by atoms with Crippen molar-refractivity contribution < 1.29 is 9.15 Å². The second-order valence-corrected chi connectivity index (χ2v) is 13.4. The fourth-order valence-corrected chi connectivity index (χ4v) is 4.07. The quantitative estimate of drug-likeness (QED) is 0.390. The largest absolute Gasteiger partial charge is 0.298 e. The van der Waals surface area contributed by atoms with Crippen molar-refractivity contribution in [2.45, 2.75) is 52.1 Å². The Balaban J connectivity index is 3.75. The van der Waals surface area contributed by atoms with Crippen LogP contribution in [0.5, 0.6) is 0 Å². The van der Waals surface area contributed by atoms with Gasteiger partial charge in [0.15, 0.2) is 0 Å². The van der Waals surface area contributed by atoms with Crippen molar-refractivity contribution in [3.8, 4) is 0 Å². The van der Waals surface area contributed by atoms with E-state index in [0.717, 1.165) is 0 Å². The first kappa shape index (κ1) is 12.4. The molecule has 0 aliphatic rings. The van der Waals surface area contributed by atoms with E-state index in [4.69, 9.17) is 9.15 Å². The molecule has 0 saturated carbocycles. The maximum atomic E-state index is 5.53. The fraction of sp³-hybridized carbons (Fsp3) is 1.00. The minimum absolute atomic E-state index is 1.18. The summed E-state index contributed by atoms with van der Waals surface area (Å²) in [6.07, 6.45) is 1.19. The van der Waals surface area contributed by atoms with Gasteiger partial charge in [-0.2, -0.15) is 0 Å². The zero-order valence-corrected chi connectivity index (χ0v) is 11.2. The van der Waals surface area contributed by atoms with Crippen molar-refractivity contribution in [2.24, 2.45) is 0 Å². The second kappa shape index (κ2) is 4.55. The molecule has 0 fully saturated rings. The summed E-state index contributed by atoms with van der Waals surface area (Å²) >= 11 is 0. The Kier molecular flexibility index (Phi) is 4.69. The molecule has 0 radical (unpaired) electrons. The van der Waals surface area contributed by atoms with Gasteiger partial charge in [-0.05, 0) is 38.8 Å². The number of rotatable bonds is 5. The average Bonchev–Trinajstić information content (AvgIpc) is 1.83. The van der Waals surface area contributed by atoms with Crippen molar-refractivity contribution in [3.63, 3.8) is 0 Å². The Hall–Kier alpha value is 0.354. The lowest BCUT2D eigenvalue weighted by Crippen LogP contribution is -2.36. The van der Waals surface area contributed by atoms with Gasteiger partial charge in [0.2, 0.25) is 16.6 Å². The molecule has 2 nitrogen and oxygen atoms in total. The highest BCUT2D eigenvalue weighted by Crippen LogP contribution is 2.16. The highest BCUT2D eigenvalue weighted by atomic mass is 28.4. The zero-order valence-electron chi connectivity index (χ0n) is 9.23. The number of hydrogen-bond donors (Lipinski definition) is 0. The van der Waals surface area contributed by atoms with Crippen LogP contribution in [0.1, 0.15) is 13.3 Å². The first-order chi connectivity index (χ1) is 5.27.